The van der Waals surface area contributed by atoms with Crippen molar-refractivity contribution >= 4 is 72.2 Å². The van der Waals surface area contributed by atoms with Gasteiger partial charge in [0.05, 0.1) is 16.7 Å². The summed E-state index contributed by atoms with van der Waals surface area (Å²) in [5, 5.41) is 5.11. The van der Waals surface area contributed by atoms with Crippen molar-refractivity contribution in [1.82, 2.24) is 4.57 Å². The van der Waals surface area contributed by atoms with E-state index in [0.29, 0.717) is 0 Å². The molecule has 0 saturated heterocycles. The number of aromatic nitrogens is 1. The molecule has 10 rings (SSSR count). The highest BCUT2D eigenvalue weighted by Gasteiger charge is 2.38. The predicted molar refractivity (Wildman–Crippen MR) is 233 cm³/mol. The molecule has 0 atom stereocenters. The third-order valence-electron chi connectivity index (χ3n) is 11.3. The quantitative estimate of drug-likeness (QED) is 0.158. The molecular weight excluding hydrogens is 755 g/mol. The van der Waals surface area contributed by atoms with Crippen LogP contribution in [-0.2, 0) is 5.41 Å². The normalized spacial score (nSPS) is 13.1. The Kier molecular flexibility index (Phi) is 7.38. The molecule has 0 radical (unpaired) electrons. The first-order chi connectivity index (χ1) is 25.9. The topological polar surface area (TPSA) is 8.17 Å². The van der Waals surface area contributed by atoms with E-state index >= 15 is 0 Å². The van der Waals surface area contributed by atoms with Crippen LogP contribution in [0.2, 0.25) is 0 Å². The molecule has 0 saturated carbocycles. The Morgan fingerprint density at radius 3 is 1.87 bits per heavy atom. The van der Waals surface area contributed by atoms with Crippen LogP contribution in [-0.4, -0.2) is 4.57 Å². The summed E-state index contributed by atoms with van der Waals surface area (Å²) in [7, 11) is 0. The van der Waals surface area contributed by atoms with E-state index in [-0.39, 0.29) is 5.41 Å². The number of anilines is 3. The summed E-state index contributed by atoms with van der Waals surface area (Å²) in [6, 6.07) is 62.7. The van der Waals surface area contributed by atoms with Gasteiger partial charge in [-0.25, -0.2) is 0 Å². The van der Waals surface area contributed by atoms with Gasteiger partial charge in [-0.2, -0.15) is 0 Å². The van der Waals surface area contributed by atoms with E-state index in [1.54, 1.807) is 0 Å². The van der Waals surface area contributed by atoms with Crippen LogP contribution >= 0.6 is 22.6 Å². The number of para-hydroxylation sites is 1. The second-order valence-corrected chi connectivity index (χ2v) is 16.1. The summed E-state index contributed by atoms with van der Waals surface area (Å²) in [5.41, 5.74) is 16.0. The van der Waals surface area contributed by atoms with Gasteiger partial charge in [0.15, 0.2) is 0 Å². The van der Waals surface area contributed by atoms with Crippen molar-refractivity contribution in [1.29, 1.82) is 0 Å². The Bertz CT molecular complexity index is 2870. The van der Waals surface area contributed by atoms with Gasteiger partial charge >= 0.3 is 0 Å². The minimum absolute atomic E-state index is 0.232. The molecular formula is C50H37IN2. The lowest BCUT2D eigenvalue weighted by atomic mass is 9.81. The van der Waals surface area contributed by atoms with Gasteiger partial charge in [0, 0.05) is 42.2 Å². The van der Waals surface area contributed by atoms with E-state index in [1.807, 2.05) is 0 Å². The zero-order chi connectivity index (χ0) is 35.8. The summed E-state index contributed by atoms with van der Waals surface area (Å²) in [5.74, 6) is 0. The first-order valence-electron chi connectivity index (χ1n) is 18.3. The molecule has 1 aromatic heterocycles. The number of nitrogens with zero attached hydrogens (tertiary/aromatic N) is 2. The van der Waals surface area contributed by atoms with E-state index in [2.05, 4.69) is 223 Å². The highest BCUT2D eigenvalue weighted by atomic mass is 127. The Morgan fingerprint density at radius 2 is 1.11 bits per heavy atom. The molecule has 0 spiro atoms. The van der Waals surface area contributed by atoms with Gasteiger partial charge in [-0.1, -0.05) is 110 Å². The fraction of sp³-hybridized carbons (Fsp3) is 0.0800. The van der Waals surface area contributed by atoms with Gasteiger partial charge in [-0.3, -0.25) is 0 Å². The average molecular weight is 793 g/mol. The van der Waals surface area contributed by atoms with Gasteiger partial charge in [-0.05, 0) is 147 Å². The fourth-order valence-electron chi connectivity index (χ4n) is 8.70. The second-order valence-electron chi connectivity index (χ2n) is 14.8. The summed E-state index contributed by atoms with van der Waals surface area (Å²) in [6.45, 7) is 7.00. The van der Waals surface area contributed by atoms with Crippen molar-refractivity contribution in [2.24, 2.45) is 0 Å². The van der Waals surface area contributed by atoms with E-state index in [0.717, 1.165) is 17.1 Å². The summed E-state index contributed by atoms with van der Waals surface area (Å²) in [4.78, 5) is 2.38. The number of aryl methyl sites for hydroxylation is 1. The molecule has 1 aliphatic rings. The molecule has 254 valence electrons. The van der Waals surface area contributed by atoms with Crippen molar-refractivity contribution in [3.8, 4) is 27.9 Å². The van der Waals surface area contributed by atoms with E-state index in [4.69, 9.17) is 0 Å². The molecule has 1 aliphatic carbocycles. The van der Waals surface area contributed by atoms with Crippen molar-refractivity contribution in [3.05, 3.63) is 190 Å². The van der Waals surface area contributed by atoms with Crippen molar-refractivity contribution < 1.29 is 0 Å². The zero-order valence-electron chi connectivity index (χ0n) is 29.9. The lowest BCUT2D eigenvalue weighted by molar-refractivity contribution is 0.660. The molecule has 0 fully saturated rings. The van der Waals surface area contributed by atoms with Crippen LogP contribution < -0.4 is 4.90 Å². The molecule has 0 unspecified atom stereocenters. The third-order valence-corrected chi connectivity index (χ3v) is 12.0. The monoisotopic (exact) mass is 792 g/mol. The minimum Gasteiger partial charge on any atom is -0.310 e. The van der Waals surface area contributed by atoms with Crippen molar-refractivity contribution in [3.63, 3.8) is 0 Å². The number of benzene rings is 8. The molecule has 53 heavy (non-hydrogen) atoms. The summed E-state index contributed by atoms with van der Waals surface area (Å²) < 4.78 is 3.74. The second kappa shape index (κ2) is 12.2. The molecule has 0 N–H and O–H groups in total. The molecule has 0 bridgehead atoms. The third kappa shape index (κ3) is 5.05. The van der Waals surface area contributed by atoms with E-state index in [1.165, 1.54) is 80.8 Å². The van der Waals surface area contributed by atoms with Gasteiger partial charge < -0.3 is 9.47 Å². The van der Waals surface area contributed by atoms with Crippen LogP contribution in [0.15, 0.2) is 170 Å². The van der Waals surface area contributed by atoms with E-state index in [9.17, 15) is 0 Å². The highest BCUT2D eigenvalue weighted by molar-refractivity contribution is 14.1. The van der Waals surface area contributed by atoms with Gasteiger partial charge in [-0.15, -0.1) is 0 Å². The Labute approximate surface area is 324 Å². The van der Waals surface area contributed by atoms with Crippen LogP contribution in [0.1, 0.15) is 30.5 Å². The van der Waals surface area contributed by atoms with Crippen molar-refractivity contribution in [2.75, 3.05) is 4.90 Å². The standard InChI is InChI=1S/C50H37IN2/c1-32-18-26-46-42(28-32)43-29-34(33-12-6-4-7-13-33)19-27-47(43)53(46)48-31-45-49(40-17-11-10-16-39(40)48)41-25-24-38(30-44(41)50(45,2)3)52(36-14-8-5-9-15-36)37-22-20-35(51)21-23-37/h4-31H,1-3H3. The van der Waals surface area contributed by atoms with Gasteiger partial charge in [0.2, 0.25) is 0 Å². The Morgan fingerprint density at radius 1 is 0.491 bits per heavy atom. The minimum atomic E-state index is -0.232. The van der Waals surface area contributed by atoms with Gasteiger partial charge in [0.1, 0.15) is 0 Å². The Hall–Kier alpha value is -5.65. The largest absolute Gasteiger partial charge is 0.310 e. The van der Waals surface area contributed by atoms with Gasteiger partial charge in [0.25, 0.3) is 0 Å². The maximum absolute atomic E-state index is 2.51. The smallest absolute Gasteiger partial charge is 0.0544 e. The maximum Gasteiger partial charge on any atom is 0.0544 e. The van der Waals surface area contributed by atoms with Crippen LogP contribution in [0.25, 0.3) is 60.5 Å². The van der Waals surface area contributed by atoms with Crippen LogP contribution in [0, 0.1) is 10.5 Å². The molecule has 3 heteroatoms. The molecule has 0 amide bonds. The number of hydrogen-bond acceptors (Lipinski definition) is 1. The zero-order valence-corrected chi connectivity index (χ0v) is 32.1. The SMILES string of the molecule is Cc1ccc2c(c1)c1cc(-c3ccccc3)ccc1n2-c1cc2c(c3ccccc13)-c1ccc(N(c3ccccc3)c3ccc(I)cc3)cc1C2(C)C. The molecule has 1 heterocycles. The number of fused-ring (bicyclic) bond motifs is 8. The fourth-order valence-corrected chi connectivity index (χ4v) is 9.06. The molecule has 0 aliphatic heterocycles. The lowest BCUT2D eigenvalue weighted by Gasteiger charge is -2.28. The van der Waals surface area contributed by atoms with Crippen molar-refractivity contribution in [2.45, 2.75) is 26.2 Å². The van der Waals surface area contributed by atoms with Crippen LogP contribution in [0.5, 0.6) is 0 Å². The van der Waals surface area contributed by atoms with E-state index < -0.39 is 0 Å². The first-order valence-corrected chi connectivity index (χ1v) is 19.4. The molecule has 2 nitrogen and oxygen atoms in total. The Balaban J connectivity index is 1.20. The first kappa shape index (κ1) is 32.0. The number of rotatable bonds is 5. The maximum atomic E-state index is 2.51. The average Bonchev–Trinajstić information content (AvgIpc) is 3.63. The summed E-state index contributed by atoms with van der Waals surface area (Å²) >= 11 is 2.38. The molecule has 8 aromatic carbocycles. The van der Waals surface area contributed by atoms with Crippen LogP contribution in [0.3, 0.4) is 0 Å². The number of halogens is 1. The highest BCUT2D eigenvalue weighted by Crippen LogP contribution is 2.54. The lowest BCUT2D eigenvalue weighted by Crippen LogP contribution is -2.17. The molecule has 9 aromatic rings. The van der Waals surface area contributed by atoms with Crippen LogP contribution in [0.4, 0.5) is 17.1 Å². The summed E-state index contributed by atoms with van der Waals surface area (Å²) in [6.07, 6.45) is 0. The number of hydrogen-bond donors (Lipinski definition) is 0. The predicted octanol–water partition coefficient (Wildman–Crippen LogP) is 14.3.